The zero-order valence-corrected chi connectivity index (χ0v) is 6.31. The van der Waals surface area contributed by atoms with E-state index < -0.39 is 18.1 Å². The summed E-state index contributed by atoms with van der Waals surface area (Å²) in [5, 5.41) is 12.7. The van der Waals surface area contributed by atoms with Crippen molar-refractivity contribution in [1.82, 2.24) is 10.6 Å². The lowest BCUT2D eigenvalue weighted by atomic mass is 10.0. The Hall–Kier alpha value is -0.910. The molecule has 12 heavy (non-hydrogen) atoms. The van der Waals surface area contributed by atoms with Gasteiger partial charge in [0.25, 0.3) is 5.92 Å². The van der Waals surface area contributed by atoms with Crippen molar-refractivity contribution in [1.29, 1.82) is 0 Å². The zero-order valence-electron chi connectivity index (χ0n) is 6.31. The summed E-state index contributed by atoms with van der Waals surface area (Å²) in [6.45, 7) is 0.212. The van der Waals surface area contributed by atoms with Gasteiger partial charge in [-0.2, -0.15) is 0 Å². The van der Waals surface area contributed by atoms with Gasteiger partial charge in [0.1, 0.15) is 6.04 Å². The fraction of sp³-hybridized carbons (Fsp3) is 0.833. The normalized spacial score (nSPS) is 28.0. The molecule has 0 aromatic rings. The molecule has 1 fully saturated rings. The zero-order chi connectivity index (χ0) is 9.19. The molecular weight excluding hydrogens is 170 g/mol. The maximum absolute atomic E-state index is 12.9. The van der Waals surface area contributed by atoms with Crippen LogP contribution in [0.15, 0.2) is 0 Å². The first-order valence-electron chi connectivity index (χ1n) is 3.60. The van der Waals surface area contributed by atoms with Crippen LogP contribution in [-0.4, -0.2) is 36.3 Å². The van der Waals surface area contributed by atoms with Gasteiger partial charge in [0.05, 0.1) is 0 Å². The lowest BCUT2D eigenvalue weighted by molar-refractivity contribution is -0.0547. The van der Waals surface area contributed by atoms with Crippen LogP contribution in [0, 0.1) is 0 Å². The smallest absolute Gasteiger partial charge is 0.405 e. The van der Waals surface area contributed by atoms with Crippen LogP contribution in [0.1, 0.15) is 6.42 Å². The van der Waals surface area contributed by atoms with Crippen LogP contribution in [0.3, 0.4) is 0 Å². The predicted octanol–water partition coefficient (Wildman–Crippen LogP) is 0.251. The average Bonchev–Trinajstić information content (AvgIpc) is 1.92. The quantitative estimate of drug-likeness (QED) is 0.542. The van der Waals surface area contributed by atoms with Crippen molar-refractivity contribution in [2.45, 2.75) is 18.4 Å². The second-order valence-electron chi connectivity index (χ2n) is 2.72. The minimum absolute atomic E-state index is 0.0146. The van der Waals surface area contributed by atoms with Crippen molar-refractivity contribution in [3.05, 3.63) is 0 Å². The summed E-state index contributed by atoms with van der Waals surface area (Å²) in [5.41, 5.74) is 0. The van der Waals surface area contributed by atoms with E-state index in [-0.39, 0.29) is 19.5 Å². The average molecular weight is 180 g/mol. The number of carboxylic acid groups (broad SMARTS) is 1. The number of nitrogens with one attached hydrogen (secondary N) is 2. The van der Waals surface area contributed by atoms with Gasteiger partial charge in [-0.05, 0) is 0 Å². The van der Waals surface area contributed by atoms with Crippen molar-refractivity contribution >= 4 is 6.09 Å². The Morgan fingerprint density at radius 3 is 2.83 bits per heavy atom. The largest absolute Gasteiger partial charge is 0.465 e. The van der Waals surface area contributed by atoms with E-state index in [1.54, 1.807) is 5.32 Å². The number of hydrogen-bond acceptors (Lipinski definition) is 2. The molecule has 3 N–H and O–H groups in total. The van der Waals surface area contributed by atoms with Crippen molar-refractivity contribution in [3.8, 4) is 0 Å². The van der Waals surface area contributed by atoms with Crippen LogP contribution < -0.4 is 10.6 Å². The number of rotatable bonds is 1. The van der Waals surface area contributed by atoms with Gasteiger partial charge in [0, 0.05) is 19.5 Å². The van der Waals surface area contributed by atoms with E-state index in [1.807, 2.05) is 0 Å². The number of halogens is 2. The molecule has 1 saturated heterocycles. The van der Waals surface area contributed by atoms with E-state index >= 15 is 0 Å². The third kappa shape index (κ3) is 2.04. The Balaban J connectivity index is 2.54. The minimum Gasteiger partial charge on any atom is -0.465 e. The van der Waals surface area contributed by atoms with E-state index in [0.717, 1.165) is 0 Å². The minimum atomic E-state index is -2.93. The predicted molar refractivity (Wildman–Crippen MR) is 37.4 cm³/mol. The molecule has 0 unspecified atom stereocenters. The second kappa shape index (κ2) is 3.22. The first-order chi connectivity index (χ1) is 5.52. The van der Waals surface area contributed by atoms with Crippen molar-refractivity contribution in [3.63, 3.8) is 0 Å². The molecule has 1 amide bonds. The molecule has 1 atom stereocenters. The molecule has 1 rings (SSSR count). The van der Waals surface area contributed by atoms with Crippen LogP contribution in [0.25, 0.3) is 0 Å². The Morgan fingerprint density at radius 1 is 1.67 bits per heavy atom. The maximum Gasteiger partial charge on any atom is 0.405 e. The van der Waals surface area contributed by atoms with Crippen LogP contribution in [0.4, 0.5) is 13.6 Å². The van der Waals surface area contributed by atoms with E-state index in [1.165, 1.54) is 0 Å². The molecule has 0 bridgehead atoms. The molecule has 4 nitrogen and oxygen atoms in total. The molecule has 1 heterocycles. The lowest BCUT2D eigenvalue weighted by Gasteiger charge is -2.31. The summed E-state index contributed by atoms with van der Waals surface area (Å²) in [5.74, 6) is -2.93. The number of piperidine rings is 1. The molecule has 0 saturated carbocycles. The highest BCUT2D eigenvalue weighted by Crippen LogP contribution is 2.24. The fourth-order valence-corrected chi connectivity index (χ4v) is 1.13. The van der Waals surface area contributed by atoms with Gasteiger partial charge in [-0.3, -0.25) is 0 Å². The molecular formula is C6H10F2N2O2. The Bertz CT molecular complexity index is 186. The number of carbonyl (C=O) groups is 1. The molecule has 70 valence electrons. The van der Waals surface area contributed by atoms with E-state index in [2.05, 4.69) is 5.32 Å². The summed E-state index contributed by atoms with van der Waals surface area (Å²) in [4.78, 5) is 10.1. The molecule has 0 radical (unpaired) electrons. The van der Waals surface area contributed by atoms with Gasteiger partial charge in [-0.25, -0.2) is 13.6 Å². The SMILES string of the molecule is O=C(O)N[C@H]1CNCCC1(F)F. The van der Waals surface area contributed by atoms with Gasteiger partial charge in [0.15, 0.2) is 0 Å². The second-order valence-corrected chi connectivity index (χ2v) is 2.72. The van der Waals surface area contributed by atoms with E-state index in [0.29, 0.717) is 0 Å². The number of amides is 1. The first kappa shape index (κ1) is 9.18. The lowest BCUT2D eigenvalue weighted by Crippen LogP contribution is -2.57. The van der Waals surface area contributed by atoms with Gasteiger partial charge in [0.2, 0.25) is 0 Å². The van der Waals surface area contributed by atoms with Crippen LogP contribution in [0.2, 0.25) is 0 Å². The Labute approximate surface area is 67.9 Å². The van der Waals surface area contributed by atoms with Crippen molar-refractivity contribution in [2.24, 2.45) is 0 Å². The summed E-state index contributed by atoms with van der Waals surface area (Å²) < 4.78 is 25.7. The highest BCUT2D eigenvalue weighted by Gasteiger charge is 2.42. The molecule has 0 spiro atoms. The molecule has 0 aliphatic carbocycles. The standard InChI is InChI=1S/C6H10F2N2O2/c7-6(8)1-2-9-3-4(6)10-5(11)12/h4,9-10H,1-3H2,(H,11,12)/t4-/m0/s1. The van der Waals surface area contributed by atoms with Crippen molar-refractivity contribution < 1.29 is 18.7 Å². The van der Waals surface area contributed by atoms with Gasteiger partial charge in [-0.15, -0.1) is 0 Å². The maximum atomic E-state index is 12.9. The van der Waals surface area contributed by atoms with Gasteiger partial charge in [-0.1, -0.05) is 0 Å². The molecule has 0 aromatic carbocycles. The summed E-state index contributed by atoms with van der Waals surface area (Å²) in [6.07, 6.45) is -1.74. The third-order valence-electron chi connectivity index (χ3n) is 1.79. The van der Waals surface area contributed by atoms with Crippen LogP contribution in [0.5, 0.6) is 0 Å². The van der Waals surface area contributed by atoms with Gasteiger partial charge < -0.3 is 15.7 Å². The van der Waals surface area contributed by atoms with Crippen LogP contribution in [-0.2, 0) is 0 Å². The highest BCUT2D eigenvalue weighted by molar-refractivity contribution is 5.65. The fourth-order valence-electron chi connectivity index (χ4n) is 1.13. The molecule has 6 heteroatoms. The monoisotopic (exact) mass is 180 g/mol. The third-order valence-corrected chi connectivity index (χ3v) is 1.79. The first-order valence-corrected chi connectivity index (χ1v) is 3.60. The summed E-state index contributed by atoms with van der Waals surface area (Å²) >= 11 is 0. The van der Waals surface area contributed by atoms with Crippen molar-refractivity contribution in [2.75, 3.05) is 13.1 Å². The van der Waals surface area contributed by atoms with E-state index in [4.69, 9.17) is 5.11 Å². The van der Waals surface area contributed by atoms with Gasteiger partial charge >= 0.3 is 6.09 Å². The van der Waals surface area contributed by atoms with E-state index in [9.17, 15) is 13.6 Å². The number of alkyl halides is 2. The molecule has 0 aromatic heterocycles. The topological polar surface area (TPSA) is 61.4 Å². The Morgan fingerprint density at radius 2 is 2.33 bits per heavy atom. The Kier molecular flexibility index (Phi) is 2.46. The molecule has 1 aliphatic heterocycles. The molecule has 1 aliphatic rings. The van der Waals surface area contributed by atoms with Crippen LogP contribution >= 0.6 is 0 Å². The summed E-state index contributed by atoms with van der Waals surface area (Å²) in [7, 11) is 0. The highest BCUT2D eigenvalue weighted by atomic mass is 19.3. The number of hydrogen-bond donors (Lipinski definition) is 3. The summed E-state index contributed by atoms with van der Waals surface area (Å²) in [6, 6.07) is -1.30.